The Labute approximate surface area is 119 Å². The summed E-state index contributed by atoms with van der Waals surface area (Å²) in [5.74, 6) is -1.04. The maximum absolute atomic E-state index is 11.9. The summed E-state index contributed by atoms with van der Waals surface area (Å²) in [6.45, 7) is 3.82. The van der Waals surface area contributed by atoms with E-state index in [4.69, 9.17) is 0 Å². The molecular weight excluding hydrogens is 282 g/mol. The van der Waals surface area contributed by atoms with Crippen LogP contribution in [0, 0.1) is 11.3 Å². The van der Waals surface area contributed by atoms with Gasteiger partial charge >= 0.3 is 5.97 Å². The molecule has 1 unspecified atom stereocenters. The van der Waals surface area contributed by atoms with Gasteiger partial charge in [-0.25, -0.2) is 8.42 Å². The summed E-state index contributed by atoms with van der Waals surface area (Å²) in [6.07, 6.45) is 1.29. The molecule has 0 radical (unpaired) electrons. The van der Waals surface area contributed by atoms with Gasteiger partial charge in [0.15, 0.2) is 9.84 Å². The SMILES string of the molecule is CCC(CC)(CC(=O)NCC1CCS(=O)(=O)C1)C(=O)O. The van der Waals surface area contributed by atoms with Crippen molar-refractivity contribution in [2.24, 2.45) is 11.3 Å². The molecule has 1 saturated heterocycles. The minimum Gasteiger partial charge on any atom is -0.481 e. The van der Waals surface area contributed by atoms with E-state index in [0.29, 0.717) is 25.8 Å². The summed E-state index contributed by atoms with van der Waals surface area (Å²) in [5.41, 5.74) is -1.02. The molecule has 0 aromatic rings. The predicted molar refractivity (Wildman–Crippen MR) is 75.0 cm³/mol. The van der Waals surface area contributed by atoms with Gasteiger partial charge in [-0.1, -0.05) is 13.8 Å². The van der Waals surface area contributed by atoms with Gasteiger partial charge in [0.25, 0.3) is 0 Å². The molecule has 0 aromatic carbocycles. The number of rotatable bonds is 7. The Kier molecular flexibility index (Phi) is 5.56. The predicted octanol–water partition coefficient (Wildman–Crippen LogP) is 0.818. The molecule has 20 heavy (non-hydrogen) atoms. The van der Waals surface area contributed by atoms with Crippen LogP contribution in [0.1, 0.15) is 39.5 Å². The topological polar surface area (TPSA) is 101 Å². The van der Waals surface area contributed by atoms with Crippen LogP contribution in [0.5, 0.6) is 0 Å². The highest BCUT2D eigenvalue weighted by atomic mass is 32.2. The van der Waals surface area contributed by atoms with Crippen molar-refractivity contribution in [1.82, 2.24) is 5.32 Å². The average Bonchev–Trinajstić information content (AvgIpc) is 2.73. The lowest BCUT2D eigenvalue weighted by molar-refractivity contribution is -0.152. The maximum Gasteiger partial charge on any atom is 0.310 e. The van der Waals surface area contributed by atoms with Crippen molar-refractivity contribution in [3.63, 3.8) is 0 Å². The number of sulfone groups is 1. The standard InChI is InChI=1S/C13H23NO5S/c1-3-13(4-2,12(16)17)7-11(15)14-8-10-5-6-20(18,19)9-10/h10H,3-9H2,1-2H3,(H,14,15)(H,16,17). The Balaban J connectivity index is 2.49. The van der Waals surface area contributed by atoms with Crippen LogP contribution < -0.4 is 5.32 Å². The van der Waals surface area contributed by atoms with Crippen LogP contribution in [0.4, 0.5) is 0 Å². The van der Waals surface area contributed by atoms with Gasteiger partial charge < -0.3 is 10.4 Å². The van der Waals surface area contributed by atoms with E-state index in [9.17, 15) is 23.1 Å². The second kappa shape index (κ2) is 6.56. The molecule has 7 heteroatoms. The summed E-state index contributed by atoms with van der Waals surface area (Å²) in [5, 5.41) is 11.9. The number of hydrogen-bond acceptors (Lipinski definition) is 4. The van der Waals surface area contributed by atoms with Gasteiger partial charge in [-0.3, -0.25) is 9.59 Å². The monoisotopic (exact) mass is 305 g/mol. The first-order chi connectivity index (χ1) is 9.24. The Morgan fingerprint density at radius 2 is 1.90 bits per heavy atom. The molecule has 1 rings (SSSR count). The smallest absolute Gasteiger partial charge is 0.310 e. The number of hydrogen-bond donors (Lipinski definition) is 2. The van der Waals surface area contributed by atoms with Gasteiger partial charge in [-0.05, 0) is 25.2 Å². The minimum atomic E-state index is -2.95. The van der Waals surface area contributed by atoms with Crippen molar-refractivity contribution < 1.29 is 23.1 Å². The molecule has 6 nitrogen and oxygen atoms in total. The molecule has 1 heterocycles. The Morgan fingerprint density at radius 1 is 1.30 bits per heavy atom. The molecule has 2 N–H and O–H groups in total. The molecular formula is C13H23NO5S. The van der Waals surface area contributed by atoms with Crippen molar-refractivity contribution in [2.45, 2.75) is 39.5 Å². The number of aliphatic carboxylic acids is 1. The van der Waals surface area contributed by atoms with Gasteiger partial charge in [0, 0.05) is 13.0 Å². The third-order valence-corrected chi connectivity index (χ3v) is 6.06. The molecule has 1 amide bonds. The molecule has 1 aliphatic rings. The van der Waals surface area contributed by atoms with Crippen molar-refractivity contribution in [1.29, 1.82) is 0 Å². The van der Waals surface area contributed by atoms with Crippen molar-refractivity contribution in [3.8, 4) is 0 Å². The summed E-state index contributed by atoms with van der Waals surface area (Å²) in [4.78, 5) is 23.2. The van der Waals surface area contributed by atoms with Crippen LogP contribution in [0.15, 0.2) is 0 Å². The van der Waals surface area contributed by atoms with E-state index in [1.54, 1.807) is 13.8 Å². The van der Waals surface area contributed by atoms with Gasteiger partial charge in [0.05, 0.1) is 16.9 Å². The van der Waals surface area contributed by atoms with E-state index in [1.165, 1.54) is 0 Å². The third kappa shape index (κ3) is 4.19. The highest BCUT2D eigenvalue weighted by Gasteiger charge is 2.37. The van der Waals surface area contributed by atoms with Crippen LogP contribution in [0.2, 0.25) is 0 Å². The van der Waals surface area contributed by atoms with Crippen molar-refractivity contribution >= 4 is 21.7 Å². The molecule has 0 aliphatic carbocycles. The number of carbonyl (C=O) groups is 2. The van der Waals surface area contributed by atoms with E-state index in [1.807, 2.05) is 0 Å². The molecule has 0 aromatic heterocycles. The van der Waals surface area contributed by atoms with Crippen LogP contribution >= 0.6 is 0 Å². The van der Waals surface area contributed by atoms with E-state index in [-0.39, 0.29) is 29.8 Å². The van der Waals surface area contributed by atoms with Crippen LogP contribution in [0.3, 0.4) is 0 Å². The fourth-order valence-corrected chi connectivity index (χ4v) is 4.40. The average molecular weight is 305 g/mol. The van der Waals surface area contributed by atoms with Crippen LogP contribution in [0.25, 0.3) is 0 Å². The zero-order valence-corrected chi connectivity index (χ0v) is 12.8. The first kappa shape index (κ1) is 16.9. The quantitative estimate of drug-likeness (QED) is 0.725. The molecule has 1 fully saturated rings. The van der Waals surface area contributed by atoms with E-state index in [0.717, 1.165) is 0 Å². The summed E-state index contributed by atoms with van der Waals surface area (Å²) < 4.78 is 22.6. The second-order valence-electron chi connectivity index (χ2n) is 5.54. The van der Waals surface area contributed by atoms with Crippen LogP contribution in [-0.2, 0) is 19.4 Å². The zero-order valence-electron chi connectivity index (χ0n) is 12.0. The molecule has 0 bridgehead atoms. The summed E-state index contributed by atoms with van der Waals surface area (Å²) in [6, 6.07) is 0. The Hall–Kier alpha value is -1.11. The fourth-order valence-electron chi connectivity index (χ4n) is 2.54. The maximum atomic E-state index is 11.9. The lowest BCUT2D eigenvalue weighted by Crippen LogP contribution is -2.38. The van der Waals surface area contributed by atoms with E-state index in [2.05, 4.69) is 5.32 Å². The highest BCUT2D eigenvalue weighted by molar-refractivity contribution is 7.91. The zero-order chi connectivity index (χ0) is 15.4. The minimum absolute atomic E-state index is 0.0496. The normalized spacial score (nSPS) is 21.6. The molecule has 0 saturated carbocycles. The first-order valence-electron chi connectivity index (χ1n) is 6.95. The molecule has 0 spiro atoms. The molecule has 1 aliphatic heterocycles. The Bertz CT molecular complexity index is 467. The second-order valence-corrected chi connectivity index (χ2v) is 7.77. The lowest BCUT2D eigenvalue weighted by Gasteiger charge is -2.26. The third-order valence-electron chi connectivity index (χ3n) is 4.22. The number of carbonyl (C=O) groups excluding carboxylic acids is 1. The number of nitrogens with one attached hydrogen (secondary N) is 1. The fraction of sp³-hybridized carbons (Fsp3) is 0.846. The van der Waals surface area contributed by atoms with E-state index < -0.39 is 21.2 Å². The first-order valence-corrected chi connectivity index (χ1v) is 8.77. The van der Waals surface area contributed by atoms with E-state index >= 15 is 0 Å². The van der Waals surface area contributed by atoms with Gasteiger partial charge in [0.1, 0.15) is 0 Å². The van der Waals surface area contributed by atoms with Gasteiger partial charge in [0.2, 0.25) is 5.91 Å². The van der Waals surface area contributed by atoms with Crippen molar-refractivity contribution in [3.05, 3.63) is 0 Å². The molecule has 116 valence electrons. The van der Waals surface area contributed by atoms with Gasteiger partial charge in [-0.2, -0.15) is 0 Å². The lowest BCUT2D eigenvalue weighted by atomic mass is 9.79. The highest BCUT2D eigenvalue weighted by Crippen LogP contribution is 2.30. The summed E-state index contributed by atoms with van der Waals surface area (Å²) >= 11 is 0. The molecule has 1 atom stereocenters. The number of carboxylic acid groups (broad SMARTS) is 1. The largest absolute Gasteiger partial charge is 0.481 e. The van der Waals surface area contributed by atoms with Crippen LogP contribution in [-0.4, -0.2) is 43.5 Å². The Morgan fingerprint density at radius 3 is 2.30 bits per heavy atom. The van der Waals surface area contributed by atoms with Gasteiger partial charge in [-0.15, -0.1) is 0 Å². The van der Waals surface area contributed by atoms with Crippen molar-refractivity contribution in [2.75, 3.05) is 18.1 Å². The number of amides is 1. The number of carboxylic acids is 1. The summed E-state index contributed by atoms with van der Waals surface area (Å²) in [7, 11) is -2.95.